The largest absolute Gasteiger partial charge is 0.493 e. The van der Waals surface area contributed by atoms with Crippen LogP contribution in [0, 0.1) is 5.92 Å². The molecule has 8 nitrogen and oxygen atoms in total. The van der Waals surface area contributed by atoms with E-state index in [1.54, 1.807) is 36.2 Å². The van der Waals surface area contributed by atoms with E-state index < -0.39 is 0 Å². The lowest BCUT2D eigenvalue weighted by Crippen LogP contribution is -2.41. The molecular formula is C24H30N2O6S. The van der Waals surface area contributed by atoms with Gasteiger partial charge in [0, 0.05) is 26.2 Å². The van der Waals surface area contributed by atoms with Crippen LogP contribution < -0.4 is 9.47 Å². The van der Waals surface area contributed by atoms with Crippen LogP contribution in [-0.4, -0.2) is 68.0 Å². The molecule has 9 heteroatoms. The van der Waals surface area contributed by atoms with E-state index in [1.165, 1.54) is 11.3 Å². The Bertz CT molecular complexity index is 954. The van der Waals surface area contributed by atoms with E-state index >= 15 is 0 Å². The number of ether oxygens (including phenoxy) is 3. The number of nitrogens with zero attached hydrogens (tertiary/aromatic N) is 2. The lowest BCUT2D eigenvalue weighted by molar-refractivity contribution is -0.156. The molecule has 1 aliphatic rings. The summed E-state index contributed by atoms with van der Waals surface area (Å²) in [7, 11) is 3.13. The highest BCUT2D eigenvalue weighted by molar-refractivity contribution is 7.12. The second kappa shape index (κ2) is 11.7. The third kappa shape index (κ3) is 6.25. The molecule has 1 aromatic heterocycles. The Hall–Kier alpha value is -3.07. The maximum Gasteiger partial charge on any atom is 0.309 e. The third-order valence-electron chi connectivity index (χ3n) is 5.74. The molecule has 178 valence electrons. The lowest BCUT2D eigenvalue weighted by atomic mass is 9.97. The Kier molecular flexibility index (Phi) is 8.71. The number of rotatable bonds is 9. The highest BCUT2D eigenvalue weighted by Crippen LogP contribution is 2.28. The Balaban J connectivity index is 1.47. The average molecular weight is 475 g/mol. The molecular weight excluding hydrogens is 444 g/mol. The fourth-order valence-corrected chi connectivity index (χ4v) is 4.48. The molecule has 0 unspecified atom stereocenters. The van der Waals surface area contributed by atoms with Crippen molar-refractivity contribution in [3.8, 4) is 11.5 Å². The maximum atomic E-state index is 12.7. The number of carbonyl (C=O) groups is 3. The minimum atomic E-state index is -0.381. The molecule has 0 N–H and O–H groups in total. The Labute approximate surface area is 198 Å². The lowest BCUT2D eigenvalue weighted by Gasteiger charge is -2.30. The molecule has 0 spiro atoms. The highest BCUT2D eigenvalue weighted by Gasteiger charge is 2.29. The Morgan fingerprint density at radius 1 is 1.09 bits per heavy atom. The normalized spacial score (nSPS) is 14.0. The number of hydrogen-bond acceptors (Lipinski definition) is 7. The van der Waals surface area contributed by atoms with Gasteiger partial charge in [0.1, 0.15) is 0 Å². The number of amides is 2. The summed E-state index contributed by atoms with van der Waals surface area (Å²) in [5, 5.41) is 1.87. The second-order valence-electron chi connectivity index (χ2n) is 7.75. The summed E-state index contributed by atoms with van der Waals surface area (Å²) in [6.07, 6.45) is 1.07. The number of piperidine rings is 1. The predicted molar refractivity (Wildman–Crippen MR) is 125 cm³/mol. The number of carbonyl (C=O) groups excluding carboxylic acids is 3. The SMILES string of the molecule is CCN(Cc1ccc(OC)c(OC)c1)C(=O)COC(=O)C1CCN(C(=O)c2cccs2)CC1. The van der Waals surface area contributed by atoms with Gasteiger partial charge in [-0.3, -0.25) is 14.4 Å². The van der Waals surface area contributed by atoms with Crippen molar-refractivity contribution in [2.75, 3.05) is 40.5 Å². The standard InChI is InChI=1S/C24H30N2O6S/c1-4-25(15-17-7-8-19(30-2)20(14-17)31-3)22(27)16-32-24(29)18-9-11-26(12-10-18)23(28)21-6-5-13-33-21/h5-8,13-14,18H,4,9-12,15-16H2,1-3H3. The van der Waals surface area contributed by atoms with Crippen LogP contribution in [0.15, 0.2) is 35.7 Å². The van der Waals surface area contributed by atoms with Crippen molar-refractivity contribution in [3.63, 3.8) is 0 Å². The first-order chi connectivity index (χ1) is 16.0. The zero-order chi connectivity index (χ0) is 23.8. The molecule has 0 saturated carbocycles. The fourth-order valence-electron chi connectivity index (χ4n) is 3.79. The van der Waals surface area contributed by atoms with Crippen molar-refractivity contribution in [3.05, 3.63) is 46.2 Å². The summed E-state index contributed by atoms with van der Waals surface area (Å²) in [4.78, 5) is 41.7. The molecule has 1 aromatic carbocycles. The first-order valence-corrected chi connectivity index (χ1v) is 11.8. The van der Waals surface area contributed by atoms with Crippen molar-refractivity contribution < 1.29 is 28.6 Å². The molecule has 2 aromatic rings. The van der Waals surface area contributed by atoms with Crippen LogP contribution in [0.4, 0.5) is 0 Å². The highest BCUT2D eigenvalue weighted by atomic mass is 32.1. The van der Waals surface area contributed by atoms with Crippen molar-refractivity contribution in [2.45, 2.75) is 26.3 Å². The van der Waals surface area contributed by atoms with E-state index in [4.69, 9.17) is 14.2 Å². The summed E-state index contributed by atoms with van der Waals surface area (Å²) in [5.41, 5.74) is 0.886. The van der Waals surface area contributed by atoms with E-state index in [1.807, 2.05) is 30.5 Å². The zero-order valence-corrected chi connectivity index (χ0v) is 20.1. The van der Waals surface area contributed by atoms with Gasteiger partial charge in [0.15, 0.2) is 18.1 Å². The number of hydrogen-bond donors (Lipinski definition) is 0. The quantitative estimate of drug-likeness (QED) is 0.519. The maximum absolute atomic E-state index is 12.7. The van der Waals surface area contributed by atoms with Gasteiger partial charge in [-0.05, 0) is 48.9 Å². The van der Waals surface area contributed by atoms with Gasteiger partial charge < -0.3 is 24.0 Å². The van der Waals surface area contributed by atoms with Crippen molar-refractivity contribution in [2.24, 2.45) is 5.92 Å². The van der Waals surface area contributed by atoms with Crippen LogP contribution in [-0.2, 0) is 20.9 Å². The first kappa shape index (κ1) is 24.6. The van der Waals surface area contributed by atoms with Gasteiger partial charge in [-0.25, -0.2) is 0 Å². The Morgan fingerprint density at radius 3 is 2.42 bits per heavy atom. The number of likely N-dealkylation sites (N-methyl/N-ethyl adjacent to an activating group) is 1. The molecule has 2 heterocycles. The molecule has 0 aliphatic carbocycles. The van der Waals surface area contributed by atoms with Crippen LogP contribution in [0.1, 0.15) is 35.0 Å². The van der Waals surface area contributed by atoms with Gasteiger partial charge in [-0.15, -0.1) is 11.3 Å². The van der Waals surface area contributed by atoms with Gasteiger partial charge in [0.05, 0.1) is 25.0 Å². The van der Waals surface area contributed by atoms with Gasteiger partial charge in [-0.1, -0.05) is 12.1 Å². The van der Waals surface area contributed by atoms with Crippen LogP contribution >= 0.6 is 11.3 Å². The van der Waals surface area contributed by atoms with Gasteiger partial charge in [0.25, 0.3) is 11.8 Å². The molecule has 1 fully saturated rings. The van der Waals surface area contributed by atoms with E-state index in [0.29, 0.717) is 55.4 Å². The molecule has 1 saturated heterocycles. The summed E-state index contributed by atoms with van der Waals surface area (Å²) >= 11 is 1.41. The smallest absolute Gasteiger partial charge is 0.309 e. The molecule has 0 radical (unpaired) electrons. The number of esters is 1. The summed E-state index contributed by atoms with van der Waals surface area (Å²) in [5.74, 6) is 0.271. The molecule has 2 amide bonds. The van der Waals surface area contributed by atoms with Gasteiger partial charge in [-0.2, -0.15) is 0 Å². The summed E-state index contributed by atoms with van der Waals surface area (Å²) < 4.78 is 15.9. The number of benzene rings is 1. The number of thiophene rings is 1. The topological polar surface area (TPSA) is 85.4 Å². The van der Waals surface area contributed by atoms with Crippen LogP contribution in [0.3, 0.4) is 0 Å². The number of likely N-dealkylation sites (tertiary alicyclic amines) is 1. The average Bonchev–Trinajstić information content (AvgIpc) is 3.40. The number of methoxy groups -OCH3 is 2. The van der Waals surface area contributed by atoms with Crippen LogP contribution in [0.5, 0.6) is 11.5 Å². The van der Waals surface area contributed by atoms with E-state index in [2.05, 4.69) is 0 Å². The zero-order valence-electron chi connectivity index (χ0n) is 19.2. The minimum Gasteiger partial charge on any atom is -0.493 e. The van der Waals surface area contributed by atoms with Gasteiger partial charge >= 0.3 is 5.97 Å². The molecule has 3 rings (SSSR count). The van der Waals surface area contributed by atoms with Crippen molar-refractivity contribution in [1.82, 2.24) is 9.80 Å². The molecule has 0 atom stereocenters. The van der Waals surface area contributed by atoms with Crippen LogP contribution in [0.2, 0.25) is 0 Å². The Morgan fingerprint density at radius 2 is 1.82 bits per heavy atom. The summed E-state index contributed by atoms with van der Waals surface area (Å²) in [6, 6.07) is 9.15. The molecule has 0 bridgehead atoms. The van der Waals surface area contributed by atoms with Crippen LogP contribution in [0.25, 0.3) is 0 Å². The fraction of sp³-hybridized carbons (Fsp3) is 0.458. The van der Waals surface area contributed by atoms with E-state index in [0.717, 1.165) is 5.56 Å². The van der Waals surface area contributed by atoms with Gasteiger partial charge in [0.2, 0.25) is 0 Å². The second-order valence-corrected chi connectivity index (χ2v) is 8.70. The monoisotopic (exact) mass is 474 g/mol. The van der Waals surface area contributed by atoms with Crippen molar-refractivity contribution >= 4 is 29.1 Å². The minimum absolute atomic E-state index is 0.000690. The van der Waals surface area contributed by atoms with E-state index in [9.17, 15) is 14.4 Å². The first-order valence-electron chi connectivity index (χ1n) is 10.9. The van der Waals surface area contributed by atoms with E-state index in [-0.39, 0.29) is 30.3 Å². The molecule has 1 aliphatic heterocycles. The van der Waals surface area contributed by atoms with Crippen molar-refractivity contribution in [1.29, 1.82) is 0 Å². The summed E-state index contributed by atoms with van der Waals surface area (Å²) in [6.45, 7) is 3.44. The molecule has 33 heavy (non-hydrogen) atoms. The third-order valence-corrected chi connectivity index (χ3v) is 6.60. The predicted octanol–water partition coefficient (Wildman–Crippen LogP) is 3.21.